The highest BCUT2D eigenvalue weighted by molar-refractivity contribution is 5.94. The van der Waals surface area contributed by atoms with Crippen molar-refractivity contribution in [2.75, 3.05) is 14.2 Å². The number of hydrogen-bond donors (Lipinski definition) is 2. The molecule has 0 unspecified atom stereocenters. The summed E-state index contributed by atoms with van der Waals surface area (Å²) >= 11 is 0. The van der Waals surface area contributed by atoms with Crippen molar-refractivity contribution < 1.29 is 19.3 Å². The second-order valence-electron chi connectivity index (χ2n) is 3.68. The Balaban J connectivity index is 3.76. The molecule has 0 spiro atoms. The lowest BCUT2D eigenvalue weighted by Gasteiger charge is -2.10. The highest BCUT2D eigenvalue weighted by Crippen LogP contribution is 2.42. The number of benzene rings is 1. The Morgan fingerprint density at radius 1 is 1.23 bits per heavy atom. The summed E-state index contributed by atoms with van der Waals surface area (Å²) in [5, 5.41) is 28.9. The number of nitrogens with zero attached hydrogens (tertiary/aromatic N) is 4. The van der Waals surface area contributed by atoms with E-state index in [2.05, 4.69) is 10.2 Å². The number of nitro groups is 2. The van der Waals surface area contributed by atoms with Gasteiger partial charge in [-0.3, -0.25) is 20.2 Å². The highest BCUT2D eigenvalue weighted by Gasteiger charge is 2.34. The van der Waals surface area contributed by atoms with Crippen LogP contribution in [0.1, 0.15) is 5.56 Å². The summed E-state index contributed by atoms with van der Waals surface area (Å²) < 4.78 is 9.93. The van der Waals surface area contributed by atoms with E-state index in [1.54, 1.807) is 0 Å². The molecule has 118 valence electrons. The standard InChI is InChI=1S/C10H12N6O6/c1-21-7-3-6(15(17)18)8(16(19)20)5(9(7)22-2)4-13-14-10(11)12/h3-4H,1-2H3,(H4,11,12,14). The monoisotopic (exact) mass is 312 g/mol. The summed E-state index contributed by atoms with van der Waals surface area (Å²) in [5.41, 5.74) is 8.24. The average Bonchev–Trinajstić information content (AvgIpc) is 2.44. The van der Waals surface area contributed by atoms with Crippen molar-refractivity contribution in [1.82, 2.24) is 0 Å². The van der Waals surface area contributed by atoms with Gasteiger partial charge in [0.1, 0.15) is 5.56 Å². The average molecular weight is 312 g/mol. The molecule has 0 fully saturated rings. The Morgan fingerprint density at radius 3 is 2.27 bits per heavy atom. The van der Waals surface area contributed by atoms with Crippen LogP contribution in [0.5, 0.6) is 11.5 Å². The maximum Gasteiger partial charge on any atom is 0.358 e. The van der Waals surface area contributed by atoms with Crippen molar-refractivity contribution in [1.29, 1.82) is 0 Å². The van der Waals surface area contributed by atoms with Gasteiger partial charge in [-0.25, -0.2) is 0 Å². The van der Waals surface area contributed by atoms with Crippen LogP contribution in [0.4, 0.5) is 11.4 Å². The van der Waals surface area contributed by atoms with E-state index >= 15 is 0 Å². The second-order valence-corrected chi connectivity index (χ2v) is 3.68. The molecule has 0 aliphatic carbocycles. The van der Waals surface area contributed by atoms with Crippen molar-refractivity contribution in [3.63, 3.8) is 0 Å². The summed E-state index contributed by atoms with van der Waals surface area (Å²) in [6.45, 7) is 0. The maximum absolute atomic E-state index is 11.2. The minimum Gasteiger partial charge on any atom is -0.493 e. The largest absolute Gasteiger partial charge is 0.493 e. The molecule has 0 amide bonds. The Morgan fingerprint density at radius 2 is 1.86 bits per heavy atom. The van der Waals surface area contributed by atoms with Crippen LogP contribution in [-0.4, -0.2) is 36.2 Å². The molecule has 1 rings (SSSR count). The van der Waals surface area contributed by atoms with Crippen LogP contribution in [-0.2, 0) is 0 Å². The summed E-state index contributed by atoms with van der Waals surface area (Å²) in [5.74, 6) is -0.587. The van der Waals surface area contributed by atoms with E-state index in [0.29, 0.717) is 0 Å². The Kier molecular flexibility index (Phi) is 5.16. The Bertz CT molecular complexity index is 666. The number of hydrogen-bond acceptors (Lipinski definition) is 8. The molecular formula is C10H12N6O6. The fraction of sp³-hybridized carbons (Fsp3) is 0.200. The minimum atomic E-state index is -0.934. The van der Waals surface area contributed by atoms with Crippen molar-refractivity contribution in [3.8, 4) is 11.5 Å². The van der Waals surface area contributed by atoms with Crippen molar-refractivity contribution in [3.05, 3.63) is 31.9 Å². The third-order valence-corrected chi connectivity index (χ3v) is 2.40. The van der Waals surface area contributed by atoms with E-state index in [-0.39, 0.29) is 17.1 Å². The van der Waals surface area contributed by atoms with E-state index in [9.17, 15) is 20.2 Å². The van der Waals surface area contributed by atoms with E-state index < -0.39 is 27.2 Å². The number of nitrogens with two attached hydrogens (primary N) is 2. The maximum atomic E-state index is 11.2. The van der Waals surface area contributed by atoms with Gasteiger partial charge in [-0.2, -0.15) is 5.10 Å². The first-order valence-corrected chi connectivity index (χ1v) is 5.53. The van der Waals surface area contributed by atoms with Gasteiger partial charge >= 0.3 is 11.4 Å². The van der Waals surface area contributed by atoms with Crippen LogP contribution >= 0.6 is 0 Å². The molecule has 0 bridgehead atoms. The van der Waals surface area contributed by atoms with Gasteiger partial charge < -0.3 is 20.9 Å². The van der Waals surface area contributed by atoms with Gasteiger partial charge in [0.15, 0.2) is 11.5 Å². The van der Waals surface area contributed by atoms with Gasteiger partial charge in [-0.05, 0) is 0 Å². The predicted molar refractivity (Wildman–Crippen MR) is 76.3 cm³/mol. The molecule has 0 aromatic heterocycles. The van der Waals surface area contributed by atoms with Gasteiger partial charge in [-0.1, -0.05) is 0 Å². The van der Waals surface area contributed by atoms with Gasteiger partial charge in [0.05, 0.1) is 36.3 Å². The topological polar surface area (TPSA) is 182 Å². The van der Waals surface area contributed by atoms with Crippen molar-refractivity contribution in [2.45, 2.75) is 0 Å². The van der Waals surface area contributed by atoms with E-state index in [1.807, 2.05) is 0 Å². The molecule has 0 atom stereocenters. The van der Waals surface area contributed by atoms with Crippen molar-refractivity contribution >= 4 is 23.5 Å². The van der Waals surface area contributed by atoms with Crippen LogP contribution in [0.2, 0.25) is 0 Å². The molecule has 0 saturated carbocycles. The fourth-order valence-electron chi connectivity index (χ4n) is 1.60. The van der Waals surface area contributed by atoms with Crippen LogP contribution in [0.15, 0.2) is 16.3 Å². The summed E-state index contributed by atoms with van der Waals surface area (Å²) in [6.07, 6.45) is 0.867. The molecule has 0 aliphatic rings. The summed E-state index contributed by atoms with van der Waals surface area (Å²) in [4.78, 5) is 20.3. The van der Waals surface area contributed by atoms with Crippen molar-refractivity contribution in [2.24, 2.45) is 21.7 Å². The molecule has 12 nitrogen and oxygen atoms in total. The molecule has 0 radical (unpaired) electrons. The minimum absolute atomic E-state index is 0.0778. The first kappa shape index (κ1) is 16.6. The molecule has 0 heterocycles. The number of ether oxygens (including phenoxy) is 2. The number of rotatable bonds is 6. The third-order valence-electron chi connectivity index (χ3n) is 2.40. The zero-order chi connectivity index (χ0) is 16.9. The van der Waals surface area contributed by atoms with Crippen LogP contribution in [0.3, 0.4) is 0 Å². The molecule has 0 saturated heterocycles. The quantitative estimate of drug-likeness (QED) is 0.321. The fourth-order valence-corrected chi connectivity index (χ4v) is 1.60. The molecule has 22 heavy (non-hydrogen) atoms. The van der Waals surface area contributed by atoms with Gasteiger partial charge in [-0.15, -0.1) is 5.10 Å². The van der Waals surface area contributed by atoms with Gasteiger partial charge in [0, 0.05) is 0 Å². The third kappa shape index (κ3) is 3.36. The number of methoxy groups -OCH3 is 2. The lowest BCUT2D eigenvalue weighted by Crippen LogP contribution is -2.21. The molecular weight excluding hydrogens is 300 g/mol. The predicted octanol–water partition coefficient (Wildman–Crippen LogP) is 0.127. The Hall–Kier alpha value is -3.44. The SMILES string of the molecule is COc1cc([N+](=O)[O-])c([N+](=O)[O-])c(C=NN=C(N)N)c1OC. The molecule has 1 aromatic carbocycles. The van der Waals surface area contributed by atoms with Gasteiger partial charge in [0.2, 0.25) is 5.96 Å². The number of nitro benzene ring substituents is 2. The molecule has 12 heteroatoms. The Labute approximate surface area is 123 Å². The smallest absolute Gasteiger partial charge is 0.358 e. The summed E-state index contributed by atoms with van der Waals surface area (Å²) in [7, 11) is 2.44. The normalized spacial score (nSPS) is 10.3. The molecule has 0 aliphatic heterocycles. The van der Waals surface area contributed by atoms with E-state index in [1.165, 1.54) is 14.2 Å². The lowest BCUT2D eigenvalue weighted by molar-refractivity contribution is -0.422. The van der Waals surface area contributed by atoms with Crippen LogP contribution in [0, 0.1) is 20.2 Å². The molecule has 4 N–H and O–H groups in total. The van der Waals surface area contributed by atoms with Crippen LogP contribution in [0.25, 0.3) is 0 Å². The molecule has 1 aromatic rings. The summed E-state index contributed by atoms with van der Waals surface area (Å²) in [6, 6.07) is 0.884. The first-order valence-electron chi connectivity index (χ1n) is 5.53. The van der Waals surface area contributed by atoms with Crippen LogP contribution < -0.4 is 20.9 Å². The van der Waals surface area contributed by atoms with E-state index in [4.69, 9.17) is 20.9 Å². The number of guanidine groups is 1. The lowest BCUT2D eigenvalue weighted by atomic mass is 10.1. The second kappa shape index (κ2) is 6.83. The van der Waals surface area contributed by atoms with Gasteiger partial charge in [0.25, 0.3) is 0 Å². The first-order chi connectivity index (χ1) is 10.3. The zero-order valence-corrected chi connectivity index (χ0v) is 11.5. The highest BCUT2D eigenvalue weighted by atomic mass is 16.6. The van der Waals surface area contributed by atoms with E-state index in [0.717, 1.165) is 12.3 Å². The zero-order valence-electron chi connectivity index (χ0n) is 11.5.